The van der Waals surface area contributed by atoms with E-state index in [2.05, 4.69) is 11.0 Å². The van der Waals surface area contributed by atoms with Gasteiger partial charge in [-0.1, -0.05) is 23.7 Å². The number of ether oxygens (including phenoxy) is 1. The summed E-state index contributed by atoms with van der Waals surface area (Å²) in [5.41, 5.74) is 0.623. The summed E-state index contributed by atoms with van der Waals surface area (Å²) in [6, 6.07) is 7.57. The molecule has 3 atom stereocenters. The Morgan fingerprint density at radius 1 is 1.24 bits per heavy atom. The first kappa shape index (κ1) is 22.5. The number of aliphatic hydroxyl groups excluding tert-OH is 1. The fourth-order valence-electron chi connectivity index (χ4n) is 4.99. The fourth-order valence-corrected chi connectivity index (χ4v) is 5.18. The van der Waals surface area contributed by atoms with Gasteiger partial charge < -0.3 is 9.84 Å². The average Bonchev–Trinajstić information content (AvgIpc) is 3.08. The Kier molecular flexibility index (Phi) is 8.74. The zero-order valence-corrected chi connectivity index (χ0v) is 17.8. The Balaban J connectivity index is 1.50. The predicted molar refractivity (Wildman–Crippen MR) is 112 cm³/mol. The van der Waals surface area contributed by atoms with Crippen molar-refractivity contribution in [3.63, 3.8) is 0 Å². The topological polar surface area (TPSA) is 56.5 Å². The Morgan fingerprint density at radius 2 is 2.03 bits per heavy atom. The van der Waals surface area contributed by atoms with E-state index in [0.29, 0.717) is 12.0 Å². The number of hydrogen-bond donors (Lipinski definition) is 1. The Hall–Kier alpha value is -1.19. The van der Waals surface area contributed by atoms with Gasteiger partial charge in [0.2, 0.25) is 0 Å². The second kappa shape index (κ2) is 11.3. The number of nitrogens with zero attached hydrogens (tertiary/aromatic N) is 2. The van der Waals surface area contributed by atoms with Crippen molar-refractivity contribution in [2.24, 2.45) is 17.8 Å². The van der Waals surface area contributed by atoms with Gasteiger partial charge in [0.25, 0.3) is 0 Å². The third kappa shape index (κ3) is 5.92. The van der Waals surface area contributed by atoms with Crippen LogP contribution >= 0.6 is 11.6 Å². The van der Waals surface area contributed by atoms with Crippen LogP contribution in [0.25, 0.3) is 0 Å². The van der Waals surface area contributed by atoms with E-state index in [1.54, 1.807) is 18.2 Å². The SMILES string of the molecule is N#CC1CN(CCCC2CCOCC2)C(CO)C1CCCc1cccc(Cl)c1F. The molecule has 0 amide bonds. The van der Waals surface area contributed by atoms with Crippen molar-refractivity contribution in [3.05, 3.63) is 34.6 Å². The maximum Gasteiger partial charge on any atom is 0.144 e. The zero-order chi connectivity index (χ0) is 20.6. The van der Waals surface area contributed by atoms with Crippen LogP contribution in [0.1, 0.15) is 44.1 Å². The van der Waals surface area contributed by atoms with Crippen LogP contribution in [0.15, 0.2) is 18.2 Å². The minimum absolute atomic E-state index is 0.0264. The fraction of sp³-hybridized carbons (Fsp3) is 0.696. The van der Waals surface area contributed by atoms with Crippen LogP contribution < -0.4 is 0 Å². The van der Waals surface area contributed by atoms with E-state index in [1.165, 1.54) is 6.42 Å². The molecular formula is C23H32ClFN2O2. The smallest absolute Gasteiger partial charge is 0.144 e. The molecule has 0 bridgehead atoms. The van der Waals surface area contributed by atoms with Crippen molar-refractivity contribution >= 4 is 11.6 Å². The lowest BCUT2D eigenvalue weighted by molar-refractivity contribution is 0.0611. The number of benzene rings is 1. The summed E-state index contributed by atoms with van der Waals surface area (Å²) in [6.45, 7) is 3.48. The van der Waals surface area contributed by atoms with Crippen molar-refractivity contribution in [3.8, 4) is 6.07 Å². The summed E-state index contributed by atoms with van der Waals surface area (Å²) in [4.78, 5) is 2.30. The molecule has 1 aromatic carbocycles. The van der Waals surface area contributed by atoms with E-state index in [4.69, 9.17) is 16.3 Å². The lowest BCUT2D eigenvalue weighted by atomic mass is 9.86. The summed E-state index contributed by atoms with van der Waals surface area (Å²) in [7, 11) is 0. The van der Waals surface area contributed by atoms with Crippen molar-refractivity contribution in [1.82, 2.24) is 4.90 Å². The van der Waals surface area contributed by atoms with Gasteiger partial charge in [0.1, 0.15) is 5.82 Å². The standard InChI is InChI=1S/C23H32ClFN2O2/c24-21-8-2-6-18(23(21)25)5-1-7-20-19(14-26)15-27(22(20)16-28)11-3-4-17-9-12-29-13-10-17/h2,6,8,17,19-20,22,28H,1,3-5,7,9-13,15-16H2. The molecule has 0 aromatic heterocycles. The van der Waals surface area contributed by atoms with Crippen LogP contribution in [-0.4, -0.2) is 49.0 Å². The molecule has 2 aliphatic heterocycles. The third-order valence-corrected chi connectivity index (χ3v) is 6.97. The lowest BCUT2D eigenvalue weighted by Crippen LogP contribution is -2.37. The van der Waals surface area contributed by atoms with E-state index in [1.807, 2.05) is 0 Å². The number of hydrogen-bond acceptors (Lipinski definition) is 4. The van der Waals surface area contributed by atoms with Gasteiger partial charge in [-0.3, -0.25) is 4.90 Å². The Labute approximate surface area is 178 Å². The molecule has 3 unspecified atom stereocenters. The van der Waals surface area contributed by atoms with Gasteiger partial charge in [0.15, 0.2) is 0 Å². The predicted octanol–water partition coefficient (Wildman–Crippen LogP) is 4.44. The van der Waals surface area contributed by atoms with E-state index < -0.39 is 0 Å². The van der Waals surface area contributed by atoms with E-state index >= 15 is 0 Å². The van der Waals surface area contributed by atoms with Gasteiger partial charge in [-0.2, -0.15) is 5.26 Å². The monoisotopic (exact) mass is 422 g/mol. The Bertz CT molecular complexity index is 690. The molecule has 1 aromatic rings. The molecule has 0 radical (unpaired) electrons. The molecule has 2 saturated heterocycles. The van der Waals surface area contributed by atoms with Crippen molar-refractivity contribution in [2.45, 2.75) is 51.0 Å². The molecule has 6 heteroatoms. The van der Waals surface area contributed by atoms with Crippen LogP contribution in [-0.2, 0) is 11.2 Å². The van der Waals surface area contributed by atoms with E-state index in [9.17, 15) is 14.8 Å². The van der Waals surface area contributed by atoms with Crippen molar-refractivity contribution < 1.29 is 14.2 Å². The van der Waals surface area contributed by atoms with Gasteiger partial charge in [-0.25, -0.2) is 4.39 Å². The second-order valence-corrected chi connectivity index (χ2v) is 8.85. The minimum atomic E-state index is -0.342. The molecule has 4 nitrogen and oxygen atoms in total. The molecule has 0 spiro atoms. The molecule has 2 heterocycles. The first-order valence-electron chi connectivity index (χ1n) is 10.9. The number of nitriles is 1. The minimum Gasteiger partial charge on any atom is -0.395 e. The quantitative estimate of drug-likeness (QED) is 0.639. The van der Waals surface area contributed by atoms with Crippen LogP contribution in [0, 0.1) is 34.9 Å². The Morgan fingerprint density at radius 3 is 2.76 bits per heavy atom. The lowest BCUT2D eigenvalue weighted by Gasteiger charge is -2.28. The average molecular weight is 423 g/mol. The van der Waals surface area contributed by atoms with Crippen LogP contribution in [0.4, 0.5) is 4.39 Å². The molecular weight excluding hydrogens is 391 g/mol. The number of halogens is 2. The second-order valence-electron chi connectivity index (χ2n) is 8.45. The molecule has 29 heavy (non-hydrogen) atoms. The number of likely N-dealkylation sites (tertiary alicyclic amines) is 1. The molecule has 0 aliphatic carbocycles. The van der Waals surface area contributed by atoms with Crippen molar-refractivity contribution in [1.29, 1.82) is 5.26 Å². The summed E-state index contributed by atoms with van der Waals surface area (Å²) in [5.74, 6) is 0.467. The maximum atomic E-state index is 14.1. The summed E-state index contributed by atoms with van der Waals surface area (Å²) in [6.07, 6.45) is 6.77. The van der Waals surface area contributed by atoms with Gasteiger partial charge in [-0.15, -0.1) is 0 Å². The van der Waals surface area contributed by atoms with Crippen LogP contribution in [0.5, 0.6) is 0 Å². The molecule has 2 aliphatic rings. The largest absolute Gasteiger partial charge is 0.395 e. The summed E-state index contributed by atoms with van der Waals surface area (Å²) >= 11 is 5.87. The zero-order valence-electron chi connectivity index (χ0n) is 17.0. The first-order valence-corrected chi connectivity index (χ1v) is 11.3. The number of aliphatic hydroxyl groups is 1. The molecule has 0 saturated carbocycles. The van der Waals surface area contributed by atoms with Gasteiger partial charge >= 0.3 is 0 Å². The van der Waals surface area contributed by atoms with Crippen LogP contribution in [0.3, 0.4) is 0 Å². The molecule has 1 N–H and O–H groups in total. The highest BCUT2D eigenvalue weighted by Crippen LogP contribution is 2.34. The molecule has 2 fully saturated rings. The molecule has 3 rings (SSSR count). The van der Waals surface area contributed by atoms with Crippen LogP contribution in [0.2, 0.25) is 5.02 Å². The third-order valence-electron chi connectivity index (χ3n) is 6.68. The first-order chi connectivity index (χ1) is 14.1. The molecule has 160 valence electrons. The highest BCUT2D eigenvalue weighted by molar-refractivity contribution is 6.30. The van der Waals surface area contributed by atoms with E-state index in [-0.39, 0.29) is 35.3 Å². The van der Waals surface area contributed by atoms with Gasteiger partial charge in [0, 0.05) is 25.8 Å². The highest BCUT2D eigenvalue weighted by atomic mass is 35.5. The number of aryl methyl sites for hydroxylation is 1. The number of rotatable bonds is 9. The van der Waals surface area contributed by atoms with Crippen molar-refractivity contribution in [2.75, 3.05) is 32.9 Å². The highest BCUT2D eigenvalue weighted by Gasteiger charge is 2.40. The normalized spacial score (nSPS) is 25.9. The van der Waals surface area contributed by atoms with E-state index in [0.717, 1.165) is 64.3 Å². The summed E-state index contributed by atoms with van der Waals surface area (Å²) in [5, 5.41) is 19.8. The van der Waals surface area contributed by atoms with Gasteiger partial charge in [0.05, 0.1) is 23.6 Å². The maximum absolute atomic E-state index is 14.1. The van der Waals surface area contributed by atoms with Gasteiger partial charge in [-0.05, 0) is 75.0 Å². The summed E-state index contributed by atoms with van der Waals surface area (Å²) < 4.78 is 19.5.